The number of urea groups is 1. The molecule has 1 atom stereocenters. The quantitative estimate of drug-likeness (QED) is 0.183. The second-order valence-electron chi connectivity index (χ2n) is 11.3. The summed E-state index contributed by atoms with van der Waals surface area (Å²) < 4.78 is 46.4. The minimum Gasteiger partial charge on any atom is -0.444 e. The molecule has 0 aliphatic heterocycles. The first-order valence-electron chi connectivity index (χ1n) is 14.0. The highest BCUT2D eigenvalue weighted by Crippen LogP contribution is 2.25. The molecule has 1 heterocycles. The average Bonchev–Trinajstić information content (AvgIpc) is 2.93. The first-order chi connectivity index (χ1) is 21.1. The number of anilines is 3. The summed E-state index contributed by atoms with van der Waals surface area (Å²) in [6.07, 6.45) is -2.73. The van der Waals surface area contributed by atoms with Crippen molar-refractivity contribution in [2.45, 2.75) is 51.6 Å². The number of ether oxygens (including phenoxy) is 2. The maximum Gasteiger partial charge on any atom is 0.573 e. The van der Waals surface area contributed by atoms with Gasteiger partial charge in [-0.3, -0.25) is 15.1 Å². The van der Waals surface area contributed by atoms with Crippen molar-refractivity contribution in [3.05, 3.63) is 78.1 Å². The minimum absolute atomic E-state index is 0.100. The molecule has 11 nitrogen and oxygen atoms in total. The van der Waals surface area contributed by atoms with E-state index in [4.69, 9.17) is 4.74 Å². The zero-order valence-corrected chi connectivity index (χ0v) is 25.6. The molecule has 0 spiro atoms. The summed E-state index contributed by atoms with van der Waals surface area (Å²) in [5.41, 5.74) is 0.993. The van der Waals surface area contributed by atoms with E-state index in [0.717, 1.165) is 25.1 Å². The molecule has 0 aliphatic carbocycles. The summed E-state index contributed by atoms with van der Waals surface area (Å²) in [6, 6.07) is 13.5. The predicted molar refractivity (Wildman–Crippen MR) is 164 cm³/mol. The van der Waals surface area contributed by atoms with Gasteiger partial charge in [-0.15, -0.1) is 13.2 Å². The van der Waals surface area contributed by atoms with E-state index in [-0.39, 0.29) is 11.4 Å². The van der Waals surface area contributed by atoms with Gasteiger partial charge in [-0.25, -0.2) is 9.59 Å². The van der Waals surface area contributed by atoms with Crippen molar-refractivity contribution in [3.8, 4) is 5.75 Å². The Balaban J connectivity index is 1.68. The number of nitrogens with one attached hydrogen (secondary N) is 4. The van der Waals surface area contributed by atoms with Crippen LogP contribution in [0.2, 0.25) is 0 Å². The van der Waals surface area contributed by atoms with Crippen molar-refractivity contribution in [1.82, 2.24) is 15.2 Å². The molecule has 45 heavy (non-hydrogen) atoms. The Hall–Kier alpha value is -4.85. The maximum atomic E-state index is 13.0. The van der Waals surface area contributed by atoms with E-state index < -0.39 is 41.8 Å². The van der Waals surface area contributed by atoms with E-state index >= 15 is 0 Å². The van der Waals surface area contributed by atoms with Gasteiger partial charge in [-0.1, -0.05) is 18.2 Å². The fourth-order valence-corrected chi connectivity index (χ4v) is 4.05. The Morgan fingerprint density at radius 3 is 2.09 bits per heavy atom. The smallest absolute Gasteiger partial charge is 0.444 e. The van der Waals surface area contributed by atoms with Gasteiger partial charge in [-0.2, -0.15) is 0 Å². The van der Waals surface area contributed by atoms with Gasteiger partial charge >= 0.3 is 18.5 Å². The summed E-state index contributed by atoms with van der Waals surface area (Å²) in [6.45, 7) is 5.97. The number of nitrogens with zero attached hydrogens (tertiary/aromatic N) is 2. The molecule has 0 radical (unpaired) electrons. The van der Waals surface area contributed by atoms with Crippen LogP contribution in [0.25, 0.3) is 0 Å². The SMILES string of the molecule is CN(C)CCCC(NC(=O)Nc1ccc(OC(F)(F)F)cc1)c1ccc(C(=O)Nc2ccccc2NC(=O)OC(C)(C)C)nc1. The van der Waals surface area contributed by atoms with Crippen molar-refractivity contribution in [2.24, 2.45) is 0 Å². The van der Waals surface area contributed by atoms with Gasteiger partial charge in [0.1, 0.15) is 17.0 Å². The van der Waals surface area contributed by atoms with E-state index in [0.29, 0.717) is 23.4 Å². The van der Waals surface area contributed by atoms with Gasteiger partial charge in [0.05, 0.1) is 17.4 Å². The molecular weight excluding hydrogens is 593 g/mol. The highest BCUT2D eigenvalue weighted by molar-refractivity contribution is 6.05. The number of carbonyl (C=O) groups is 3. The number of aromatic nitrogens is 1. The van der Waals surface area contributed by atoms with E-state index in [1.54, 1.807) is 51.1 Å². The van der Waals surface area contributed by atoms with Crippen LogP contribution in [0.1, 0.15) is 55.7 Å². The zero-order chi connectivity index (χ0) is 33.2. The molecule has 0 saturated heterocycles. The van der Waals surface area contributed by atoms with Crippen LogP contribution in [0.5, 0.6) is 5.75 Å². The molecule has 2 aromatic carbocycles. The van der Waals surface area contributed by atoms with Crippen LogP contribution in [-0.4, -0.2) is 60.5 Å². The van der Waals surface area contributed by atoms with Crippen LogP contribution in [0.3, 0.4) is 0 Å². The molecule has 0 bridgehead atoms. The largest absolute Gasteiger partial charge is 0.573 e. The van der Waals surface area contributed by atoms with Crippen molar-refractivity contribution >= 4 is 35.1 Å². The van der Waals surface area contributed by atoms with Crippen molar-refractivity contribution in [3.63, 3.8) is 0 Å². The Morgan fingerprint density at radius 2 is 1.53 bits per heavy atom. The lowest BCUT2D eigenvalue weighted by molar-refractivity contribution is -0.274. The van der Waals surface area contributed by atoms with Crippen LogP contribution < -0.4 is 26.0 Å². The fourth-order valence-electron chi connectivity index (χ4n) is 4.05. The first-order valence-corrected chi connectivity index (χ1v) is 14.0. The number of rotatable bonds is 11. The molecule has 4 N–H and O–H groups in total. The van der Waals surface area contributed by atoms with Gasteiger partial charge in [0.2, 0.25) is 0 Å². The van der Waals surface area contributed by atoms with Crippen LogP contribution in [0.4, 0.5) is 39.8 Å². The number of amides is 4. The van der Waals surface area contributed by atoms with Crippen LogP contribution in [0.15, 0.2) is 66.9 Å². The van der Waals surface area contributed by atoms with Crippen molar-refractivity contribution in [1.29, 1.82) is 0 Å². The Morgan fingerprint density at radius 1 is 0.889 bits per heavy atom. The first kappa shape index (κ1) is 34.6. The molecule has 0 aliphatic rings. The Kier molecular flexibility index (Phi) is 11.7. The second-order valence-corrected chi connectivity index (χ2v) is 11.3. The number of hydrogen-bond acceptors (Lipinski definition) is 7. The lowest BCUT2D eigenvalue weighted by Gasteiger charge is -2.21. The Labute approximate surface area is 259 Å². The number of alkyl halides is 3. The number of pyridine rings is 1. The number of hydrogen-bond donors (Lipinski definition) is 4. The molecule has 1 unspecified atom stereocenters. The summed E-state index contributed by atoms with van der Waals surface area (Å²) >= 11 is 0. The number of halogens is 3. The topological polar surface area (TPSA) is 134 Å². The monoisotopic (exact) mass is 630 g/mol. The minimum atomic E-state index is -4.82. The molecule has 0 saturated carbocycles. The van der Waals surface area contributed by atoms with Crippen LogP contribution >= 0.6 is 0 Å². The summed E-state index contributed by atoms with van der Waals surface area (Å²) in [4.78, 5) is 44.4. The molecule has 1 aromatic heterocycles. The van der Waals surface area contributed by atoms with E-state index in [2.05, 4.69) is 31.0 Å². The molecule has 3 rings (SSSR count). The molecule has 4 amide bonds. The van der Waals surface area contributed by atoms with Crippen LogP contribution in [-0.2, 0) is 4.74 Å². The molecule has 14 heteroatoms. The van der Waals surface area contributed by atoms with E-state index in [1.165, 1.54) is 24.4 Å². The van der Waals surface area contributed by atoms with E-state index in [9.17, 15) is 27.6 Å². The maximum absolute atomic E-state index is 13.0. The van der Waals surface area contributed by atoms with Crippen LogP contribution in [0, 0.1) is 0 Å². The van der Waals surface area contributed by atoms with Crippen molar-refractivity contribution < 1.29 is 37.0 Å². The van der Waals surface area contributed by atoms with Gasteiger partial charge in [0.25, 0.3) is 5.91 Å². The standard InChI is InChI=1S/C31H37F3N6O5/c1-30(2,3)45-29(43)39-25-10-7-6-9-24(25)37-27(41)26-17-12-20(19-35-26)23(11-8-18-40(4)5)38-28(42)36-21-13-15-22(16-14-21)44-31(32,33)34/h6-7,9-10,12-17,19,23H,8,11,18H2,1-5H3,(H,37,41)(H,39,43)(H2,36,38,42). The number of para-hydroxylation sites is 2. The predicted octanol–water partition coefficient (Wildman–Crippen LogP) is 6.78. The highest BCUT2D eigenvalue weighted by Gasteiger charge is 2.31. The summed E-state index contributed by atoms with van der Waals surface area (Å²) in [5.74, 6) is -0.930. The third-order valence-corrected chi connectivity index (χ3v) is 5.98. The Bertz CT molecular complexity index is 1440. The summed E-state index contributed by atoms with van der Waals surface area (Å²) in [5, 5.41) is 10.8. The molecule has 242 valence electrons. The third kappa shape index (κ3) is 12.3. The summed E-state index contributed by atoms with van der Waals surface area (Å²) in [7, 11) is 3.86. The lowest BCUT2D eigenvalue weighted by Crippen LogP contribution is -2.33. The normalized spacial score (nSPS) is 12.2. The zero-order valence-electron chi connectivity index (χ0n) is 25.6. The van der Waals surface area contributed by atoms with Gasteiger partial charge in [0, 0.05) is 11.9 Å². The number of carbonyl (C=O) groups excluding carboxylic acids is 3. The molecule has 3 aromatic rings. The second kappa shape index (κ2) is 15.2. The lowest BCUT2D eigenvalue weighted by atomic mass is 10.0. The van der Waals surface area contributed by atoms with Gasteiger partial charge in [-0.05, 0) is 102 Å². The van der Waals surface area contributed by atoms with Crippen molar-refractivity contribution in [2.75, 3.05) is 36.6 Å². The highest BCUT2D eigenvalue weighted by atomic mass is 19.4. The fraction of sp³-hybridized carbons (Fsp3) is 0.355. The van der Waals surface area contributed by atoms with Gasteiger partial charge < -0.3 is 30.3 Å². The third-order valence-electron chi connectivity index (χ3n) is 5.98. The molecule has 0 fully saturated rings. The van der Waals surface area contributed by atoms with E-state index in [1.807, 2.05) is 19.0 Å². The number of benzene rings is 2. The average molecular weight is 631 g/mol. The molecular formula is C31H37F3N6O5. The van der Waals surface area contributed by atoms with Gasteiger partial charge in [0.15, 0.2) is 0 Å².